The third-order valence-electron chi connectivity index (χ3n) is 3.43. The second-order valence-corrected chi connectivity index (χ2v) is 5.51. The van der Waals surface area contributed by atoms with E-state index in [0.717, 1.165) is 45.7 Å². The zero-order chi connectivity index (χ0) is 14.7. The predicted octanol–water partition coefficient (Wildman–Crippen LogP) is 1.85. The van der Waals surface area contributed by atoms with Crippen molar-refractivity contribution in [3.63, 3.8) is 0 Å². The summed E-state index contributed by atoms with van der Waals surface area (Å²) in [4.78, 5) is 0. The molecule has 122 valence electrons. The summed E-state index contributed by atoms with van der Waals surface area (Å²) in [7, 11) is 0. The van der Waals surface area contributed by atoms with Crippen LogP contribution >= 0.6 is 0 Å². The minimum atomic E-state index is 0.793. The van der Waals surface area contributed by atoms with Crippen LogP contribution < -0.4 is 21.7 Å². The van der Waals surface area contributed by atoms with Crippen molar-refractivity contribution in [2.24, 2.45) is 5.73 Å². The van der Waals surface area contributed by atoms with Gasteiger partial charge in [-0.3, -0.25) is 0 Å². The fraction of sp³-hybridized carbons (Fsp3) is 1.00. The maximum atomic E-state index is 5.43. The number of hydrogen-bond acceptors (Lipinski definition) is 4. The molecule has 0 fully saturated rings. The lowest BCUT2D eigenvalue weighted by atomic mass is 10.2. The summed E-state index contributed by atoms with van der Waals surface area (Å²) in [5, 5.41) is 10.4. The van der Waals surface area contributed by atoms with Gasteiger partial charge in [0.15, 0.2) is 0 Å². The lowest BCUT2D eigenvalue weighted by molar-refractivity contribution is 0.546. The minimum absolute atomic E-state index is 0.793. The van der Waals surface area contributed by atoms with Gasteiger partial charge in [-0.2, -0.15) is 0 Å². The number of unbranched alkanes of at least 4 members (excludes halogenated alkanes) is 4. The van der Waals surface area contributed by atoms with Crippen molar-refractivity contribution in [3.8, 4) is 0 Å². The van der Waals surface area contributed by atoms with Crippen LogP contribution in [0.25, 0.3) is 0 Å². The van der Waals surface area contributed by atoms with Crippen LogP contribution in [0.2, 0.25) is 0 Å². The molecule has 0 aromatic heterocycles. The molecule has 0 aliphatic rings. The monoisotopic (exact) mass is 286 g/mol. The van der Waals surface area contributed by atoms with Crippen LogP contribution in [-0.4, -0.2) is 45.8 Å². The molecule has 0 heterocycles. The van der Waals surface area contributed by atoms with Crippen molar-refractivity contribution in [1.82, 2.24) is 16.0 Å². The molecule has 4 heteroatoms. The first-order valence-corrected chi connectivity index (χ1v) is 8.74. The van der Waals surface area contributed by atoms with Crippen LogP contribution in [-0.2, 0) is 0 Å². The number of nitrogens with one attached hydrogen (secondary N) is 3. The number of hydrogen-bond donors (Lipinski definition) is 4. The summed E-state index contributed by atoms with van der Waals surface area (Å²) in [5.41, 5.74) is 5.43. The smallest absolute Gasteiger partial charge is 0.00368 e. The molecule has 0 rings (SSSR count). The molecule has 0 unspecified atom stereocenters. The van der Waals surface area contributed by atoms with Crippen molar-refractivity contribution in [1.29, 1.82) is 0 Å². The van der Waals surface area contributed by atoms with Crippen LogP contribution in [0.1, 0.15) is 58.3 Å². The van der Waals surface area contributed by atoms with Gasteiger partial charge < -0.3 is 21.7 Å². The van der Waals surface area contributed by atoms with E-state index in [1.807, 2.05) is 0 Å². The predicted molar refractivity (Wildman–Crippen MR) is 90.3 cm³/mol. The van der Waals surface area contributed by atoms with Gasteiger partial charge in [-0.1, -0.05) is 26.2 Å². The average molecular weight is 287 g/mol. The Hall–Kier alpha value is -0.160. The molecule has 0 atom stereocenters. The summed E-state index contributed by atoms with van der Waals surface area (Å²) in [5.74, 6) is 0. The molecule has 0 amide bonds. The minimum Gasteiger partial charge on any atom is -0.330 e. The Morgan fingerprint density at radius 2 is 1.00 bits per heavy atom. The van der Waals surface area contributed by atoms with Crippen LogP contribution in [0.3, 0.4) is 0 Å². The summed E-state index contributed by atoms with van der Waals surface area (Å²) < 4.78 is 0. The van der Waals surface area contributed by atoms with Crippen LogP contribution in [0.15, 0.2) is 0 Å². The van der Waals surface area contributed by atoms with E-state index >= 15 is 0 Å². The molecule has 5 N–H and O–H groups in total. The van der Waals surface area contributed by atoms with E-state index in [0.29, 0.717) is 0 Å². The van der Waals surface area contributed by atoms with Crippen molar-refractivity contribution in [2.45, 2.75) is 58.3 Å². The van der Waals surface area contributed by atoms with Gasteiger partial charge in [0, 0.05) is 0 Å². The molecule has 0 saturated carbocycles. The van der Waals surface area contributed by atoms with E-state index in [1.54, 1.807) is 0 Å². The van der Waals surface area contributed by atoms with Gasteiger partial charge in [0.1, 0.15) is 0 Å². The molecule has 20 heavy (non-hydrogen) atoms. The third kappa shape index (κ3) is 17.8. The van der Waals surface area contributed by atoms with Crippen LogP contribution in [0.5, 0.6) is 0 Å². The Morgan fingerprint density at radius 3 is 1.50 bits per heavy atom. The Bertz CT molecular complexity index is 147. The first-order valence-electron chi connectivity index (χ1n) is 8.74. The van der Waals surface area contributed by atoms with Gasteiger partial charge in [0.2, 0.25) is 0 Å². The highest BCUT2D eigenvalue weighted by molar-refractivity contribution is 4.54. The Morgan fingerprint density at radius 1 is 0.550 bits per heavy atom. The molecule has 0 saturated heterocycles. The molecule has 0 aliphatic heterocycles. The Balaban J connectivity index is 2.89. The van der Waals surface area contributed by atoms with Gasteiger partial charge in [0.25, 0.3) is 0 Å². The Kier molecular flexibility index (Phi) is 18.7. The molecule has 0 aromatic carbocycles. The molecule has 0 aliphatic carbocycles. The maximum Gasteiger partial charge on any atom is -0.00368 e. The number of rotatable bonds is 17. The van der Waals surface area contributed by atoms with Crippen molar-refractivity contribution >= 4 is 0 Å². The van der Waals surface area contributed by atoms with E-state index in [2.05, 4.69) is 22.9 Å². The van der Waals surface area contributed by atoms with Crippen LogP contribution in [0, 0.1) is 0 Å². The highest BCUT2D eigenvalue weighted by atomic mass is 14.9. The highest BCUT2D eigenvalue weighted by Gasteiger charge is 1.92. The first-order chi connectivity index (χ1) is 9.91. The lowest BCUT2D eigenvalue weighted by Crippen LogP contribution is -2.24. The van der Waals surface area contributed by atoms with E-state index in [-0.39, 0.29) is 0 Å². The Labute approximate surface area is 126 Å². The number of nitrogens with two attached hydrogens (primary N) is 1. The quantitative estimate of drug-likeness (QED) is 0.308. The van der Waals surface area contributed by atoms with Crippen molar-refractivity contribution < 1.29 is 0 Å². The SMILES string of the molecule is CCCCCCNCCCNCCCCNCCCN. The fourth-order valence-corrected chi connectivity index (χ4v) is 2.12. The second-order valence-electron chi connectivity index (χ2n) is 5.51. The van der Waals surface area contributed by atoms with E-state index in [4.69, 9.17) is 5.73 Å². The summed E-state index contributed by atoms with van der Waals surface area (Å²) in [6, 6.07) is 0. The third-order valence-corrected chi connectivity index (χ3v) is 3.43. The lowest BCUT2D eigenvalue weighted by Gasteiger charge is -2.07. The summed E-state index contributed by atoms with van der Waals surface area (Å²) in [6.07, 6.45) is 10.3. The van der Waals surface area contributed by atoms with Gasteiger partial charge in [-0.05, 0) is 77.9 Å². The topological polar surface area (TPSA) is 62.1 Å². The standard InChI is InChI=1S/C16H38N4/c1-2-3-4-5-11-19-15-9-16-20-13-7-6-12-18-14-8-10-17/h18-20H,2-17H2,1H3. The second kappa shape index (κ2) is 18.8. The van der Waals surface area contributed by atoms with Crippen molar-refractivity contribution in [2.75, 3.05) is 45.8 Å². The van der Waals surface area contributed by atoms with Crippen molar-refractivity contribution in [3.05, 3.63) is 0 Å². The van der Waals surface area contributed by atoms with Gasteiger partial charge in [-0.15, -0.1) is 0 Å². The largest absolute Gasteiger partial charge is 0.330 e. The maximum absolute atomic E-state index is 5.43. The van der Waals surface area contributed by atoms with Crippen LogP contribution in [0.4, 0.5) is 0 Å². The fourth-order valence-electron chi connectivity index (χ4n) is 2.12. The summed E-state index contributed by atoms with van der Waals surface area (Å²) >= 11 is 0. The zero-order valence-electron chi connectivity index (χ0n) is 13.7. The van der Waals surface area contributed by atoms with Gasteiger partial charge >= 0.3 is 0 Å². The summed E-state index contributed by atoms with van der Waals surface area (Å²) in [6.45, 7) is 9.87. The molecule has 0 spiro atoms. The normalized spacial score (nSPS) is 11.1. The van der Waals surface area contributed by atoms with E-state index in [9.17, 15) is 0 Å². The molecular formula is C16H38N4. The molecule has 0 aromatic rings. The van der Waals surface area contributed by atoms with Gasteiger partial charge in [0.05, 0.1) is 0 Å². The highest BCUT2D eigenvalue weighted by Crippen LogP contribution is 1.96. The van der Waals surface area contributed by atoms with E-state index in [1.165, 1.54) is 51.5 Å². The molecular weight excluding hydrogens is 248 g/mol. The first kappa shape index (κ1) is 19.8. The van der Waals surface area contributed by atoms with Gasteiger partial charge in [-0.25, -0.2) is 0 Å². The van der Waals surface area contributed by atoms with E-state index < -0.39 is 0 Å². The molecule has 0 radical (unpaired) electrons. The molecule has 4 nitrogen and oxygen atoms in total. The molecule has 0 bridgehead atoms. The average Bonchev–Trinajstić information content (AvgIpc) is 2.47. The zero-order valence-corrected chi connectivity index (χ0v) is 13.7.